The highest BCUT2D eigenvalue weighted by Gasteiger charge is 2.25. The normalized spacial score (nSPS) is 16.3. The van der Waals surface area contributed by atoms with E-state index < -0.39 is 12.3 Å². The summed E-state index contributed by atoms with van der Waals surface area (Å²) < 4.78 is 7.39. The minimum Gasteiger partial charge on any atom is -0.491 e. The van der Waals surface area contributed by atoms with Gasteiger partial charge in [0.15, 0.2) is 6.23 Å². The Bertz CT molecular complexity index is 967. The molecule has 7 nitrogen and oxygen atoms in total. The number of nitrogens with zero attached hydrogens (tertiary/aromatic N) is 2. The van der Waals surface area contributed by atoms with Crippen molar-refractivity contribution >= 4 is 12.0 Å². The number of hydrogen-bond donors (Lipinski definition) is 4. The van der Waals surface area contributed by atoms with Gasteiger partial charge in [-0.3, -0.25) is 0 Å². The molecule has 0 bridgehead atoms. The molecule has 0 saturated carbocycles. The van der Waals surface area contributed by atoms with Gasteiger partial charge in [-0.2, -0.15) is 0 Å². The van der Waals surface area contributed by atoms with Crippen LogP contribution >= 0.6 is 0 Å². The molecule has 3 aromatic rings. The third-order valence-electron chi connectivity index (χ3n) is 4.57. The van der Waals surface area contributed by atoms with Crippen LogP contribution in [0.2, 0.25) is 0 Å². The molecule has 2 atom stereocenters. The van der Waals surface area contributed by atoms with E-state index in [1.165, 1.54) is 6.34 Å². The zero-order chi connectivity index (χ0) is 19.5. The molecule has 2 aromatic carbocycles. The maximum Gasteiger partial charge on any atom is 0.190 e. The SMILES string of the molecule is OCC(O)COc1ccc(-c2cn(-c3ccccc3)c3c2NC=NC3O)cc1. The highest BCUT2D eigenvalue weighted by molar-refractivity contribution is 5.91. The van der Waals surface area contributed by atoms with Gasteiger partial charge in [0.1, 0.15) is 18.5 Å². The van der Waals surface area contributed by atoms with Crippen LogP contribution in [0.25, 0.3) is 16.8 Å². The molecule has 0 amide bonds. The fourth-order valence-corrected chi connectivity index (χ4v) is 3.17. The first-order chi connectivity index (χ1) is 13.7. The molecule has 1 aliphatic rings. The van der Waals surface area contributed by atoms with E-state index in [9.17, 15) is 10.2 Å². The number of nitrogens with one attached hydrogen (secondary N) is 1. The first-order valence-corrected chi connectivity index (χ1v) is 8.96. The van der Waals surface area contributed by atoms with E-state index in [4.69, 9.17) is 9.84 Å². The Hall–Kier alpha value is -3.13. The Kier molecular flexibility index (Phi) is 5.12. The van der Waals surface area contributed by atoms with Crippen molar-refractivity contribution in [3.05, 3.63) is 66.5 Å². The molecule has 28 heavy (non-hydrogen) atoms. The van der Waals surface area contributed by atoms with Gasteiger partial charge in [0.25, 0.3) is 0 Å². The molecule has 0 spiro atoms. The minimum atomic E-state index is -0.951. The summed E-state index contributed by atoms with van der Waals surface area (Å²) in [6.45, 7) is -0.313. The van der Waals surface area contributed by atoms with Gasteiger partial charge in [-0.05, 0) is 29.8 Å². The molecule has 0 saturated heterocycles. The lowest BCUT2D eigenvalue weighted by molar-refractivity contribution is 0.0536. The van der Waals surface area contributed by atoms with Crippen molar-refractivity contribution in [2.24, 2.45) is 4.99 Å². The zero-order valence-electron chi connectivity index (χ0n) is 15.1. The highest BCUT2D eigenvalue weighted by atomic mass is 16.5. The first-order valence-electron chi connectivity index (χ1n) is 8.96. The lowest BCUT2D eigenvalue weighted by atomic mass is 10.1. The molecule has 144 valence electrons. The number of hydrogen-bond acceptors (Lipinski definition) is 6. The van der Waals surface area contributed by atoms with Crippen molar-refractivity contribution in [1.82, 2.24) is 4.57 Å². The van der Waals surface area contributed by atoms with Crippen LogP contribution in [0, 0.1) is 0 Å². The van der Waals surface area contributed by atoms with Crippen molar-refractivity contribution in [3.8, 4) is 22.6 Å². The summed E-state index contributed by atoms with van der Waals surface area (Å²) in [6, 6.07) is 17.2. The smallest absolute Gasteiger partial charge is 0.190 e. The summed E-state index contributed by atoms with van der Waals surface area (Å²) >= 11 is 0. The van der Waals surface area contributed by atoms with Gasteiger partial charge >= 0.3 is 0 Å². The van der Waals surface area contributed by atoms with Crippen LogP contribution in [0.15, 0.2) is 65.8 Å². The number of anilines is 1. The van der Waals surface area contributed by atoms with Crippen molar-refractivity contribution in [2.45, 2.75) is 12.3 Å². The van der Waals surface area contributed by atoms with Crippen LogP contribution < -0.4 is 10.1 Å². The summed E-state index contributed by atoms with van der Waals surface area (Å²) in [7, 11) is 0. The molecule has 1 aliphatic heterocycles. The Balaban J connectivity index is 1.69. The Morgan fingerprint density at radius 3 is 2.57 bits per heavy atom. The van der Waals surface area contributed by atoms with E-state index in [0.717, 1.165) is 22.5 Å². The molecule has 2 unspecified atom stereocenters. The summed E-state index contributed by atoms with van der Waals surface area (Å²) in [5.41, 5.74) is 4.27. The summed E-state index contributed by atoms with van der Waals surface area (Å²) in [5, 5.41) is 31.8. The Morgan fingerprint density at radius 2 is 1.86 bits per heavy atom. The monoisotopic (exact) mass is 379 g/mol. The van der Waals surface area contributed by atoms with Crippen molar-refractivity contribution < 1.29 is 20.1 Å². The topological polar surface area (TPSA) is 99.2 Å². The number of rotatable bonds is 6. The van der Waals surface area contributed by atoms with Gasteiger partial charge in [-0.15, -0.1) is 0 Å². The van der Waals surface area contributed by atoms with Crippen LogP contribution in [0.1, 0.15) is 11.9 Å². The third-order valence-corrected chi connectivity index (χ3v) is 4.57. The summed E-state index contributed by atoms with van der Waals surface area (Å²) in [6.07, 6.45) is 1.61. The number of fused-ring (bicyclic) bond motifs is 1. The van der Waals surface area contributed by atoms with Crippen LogP contribution in [0.5, 0.6) is 5.75 Å². The van der Waals surface area contributed by atoms with Crippen molar-refractivity contribution in [3.63, 3.8) is 0 Å². The number of aliphatic hydroxyl groups excluding tert-OH is 3. The Labute approximate surface area is 162 Å². The van der Waals surface area contributed by atoms with E-state index in [-0.39, 0.29) is 13.2 Å². The molecule has 2 heterocycles. The van der Waals surface area contributed by atoms with Crippen molar-refractivity contribution in [1.29, 1.82) is 0 Å². The summed E-state index contributed by atoms with van der Waals surface area (Å²) in [5.74, 6) is 0.599. The quantitative estimate of drug-likeness (QED) is 0.527. The average molecular weight is 379 g/mol. The third kappa shape index (κ3) is 3.50. The fourth-order valence-electron chi connectivity index (χ4n) is 3.17. The predicted octanol–water partition coefficient (Wildman–Crippen LogP) is 2.32. The van der Waals surface area contributed by atoms with Gasteiger partial charge in [-0.25, -0.2) is 4.99 Å². The van der Waals surface area contributed by atoms with Crippen LogP contribution in [-0.2, 0) is 0 Å². The second kappa shape index (κ2) is 7.85. The molecule has 4 rings (SSSR count). The van der Waals surface area contributed by atoms with Crippen LogP contribution in [0.3, 0.4) is 0 Å². The average Bonchev–Trinajstić information content (AvgIpc) is 3.14. The van der Waals surface area contributed by atoms with E-state index in [0.29, 0.717) is 11.4 Å². The molecule has 4 N–H and O–H groups in total. The predicted molar refractivity (Wildman–Crippen MR) is 107 cm³/mol. The molecule has 0 radical (unpaired) electrons. The standard InChI is InChI=1S/C21H21N3O4/c25-11-16(26)12-28-17-8-6-14(7-9-17)18-10-24(15-4-2-1-3-5-15)20-19(18)22-13-23-21(20)27/h1-10,13,16,21,25-27H,11-12H2,(H,22,23). The molecular weight excluding hydrogens is 358 g/mol. The van der Waals surface area contributed by atoms with Gasteiger partial charge in [0, 0.05) is 17.4 Å². The van der Waals surface area contributed by atoms with Crippen molar-refractivity contribution in [2.75, 3.05) is 18.5 Å². The number of aliphatic imine (C=N–C) groups is 1. The molecular formula is C21H21N3O4. The number of aromatic nitrogens is 1. The fraction of sp³-hybridized carbons (Fsp3) is 0.190. The number of aliphatic hydroxyl groups is 3. The lowest BCUT2D eigenvalue weighted by Gasteiger charge is -2.17. The second-order valence-corrected chi connectivity index (χ2v) is 6.48. The van der Waals surface area contributed by atoms with E-state index >= 15 is 0 Å². The van der Waals surface area contributed by atoms with Gasteiger partial charge in [-0.1, -0.05) is 30.3 Å². The number of benzene rings is 2. The zero-order valence-corrected chi connectivity index (χ0v) is 15.1. The summed E-state index contributed by atoms with van der Waals surface area (Å²) in [4.78, 5) is 4.06. The maximum absolute atomic E-state index is 10.4. The number of para-hydroxylation sites is 1. The Morgan fingerprint density at radius 1 is 1.11 bits per heavy atom. The molecule has 0 aliphatic carbocycles. The largest absolute Gasteiger partial charge is 0.491 e. The van der Waals surface area contributed by atoms with Crippen LogP contribution in [-0.4, -0.2) is 45.5 Å². The highest BCUT2D eigenvalue weighted by Crippen LogP contribution is 2.40. The van der Waals surface area contributed by atoms with Gasteiger partial charge in [0.2, 0.25) is 0 Å². The molecule has 0 fully saturated rings. The van der Waals surface area contributed by atoms with Crippen LogP contribution in [0.4, 0.5) is 5.69 Å². The lowest BCUT2D eigenvalue weighted by Crippen LogP contribution is -2.21. The second-order valence-electron chi connectivity index (χ2n) is 6.48. The van der Waals surface area contributed by atoms with Gasteiger partial charge in [0.05, 0.1) is 24.3 Å². The van der Waals surface area contributed by atoms with E-state index in [1.54, 1.807) is 12.1 Å². The number of ether oxygens (including phenoxy) is 1. The van der Waals surface area contributed by atoms with Gasteiger partial charge < -0.3 is 29.9 Å². The minimum absolute atomic E-state index is 0.0276. The molecule has 1 aromatic heterocycles. The maximum atomic E-state index is 10.4. The molecule has 7 heteroatoms. The van der Waals surface area contributed by atoms with E-state index in [2.05, 4.69) is 10.3 Å². The first kappa shape index (κ1) is 18.2. The van der Waals surface area contributed by atoms with E-state index in [1.807, 2.05) is 53.2 Å².